The quantitative estimate of drug-likeness (QED) is 0.665. The zero-order chi connectivity index (χ0) is 15.4. The maximum absolute atomic E-state index is 5.91. The van der Waals surface area contributed by atoms with Crippen molar-refractivity contribution in [2.75, 3.05) is 7.11 Å². The van der Waals surface area contributed by atoms with Gasteiger partial charge in [0.2, 0.25) is 6.29 Å². The lowest BCUT2D eigenvalue weighted by atomic mass is 9.96. The molecule has 2 rings (SSSR count). The van der Waals surface area contributed by atoms with Crippen molar-refractivity contribution in [1.82, 2.24) is 0 Å². The van der Waals surface area contributed by atoms with Gasteiger partial charge in [-0.1, -0.05) is 52.0 Å². The fraction of sp³-hybridized carbons (Fsp3) is 0.474. The van der Waals surface area contributed by atoms with Gasteiger partial charge in [-0.05, 0) is 40.8 Å². The van der Waals surface area contributed by atoms with Crippen molar-refractivity contribution < 1.29 is 9.47 Å². The third-order valence-corrected chi connectivity index (χ3v) is 4.05. The van der Waals surface area contributed by atoms with Crippen LogP contribution in [0.2, 0.25) is 0 Å². The summed E-state index contributed by atoms with van der Waals surface area (Å²) < 4.78 is 11.3. The Hall–Kier alpha value is -1.54. The summed E-state index contributed by atoms with van der Waals surface area (Å²) in [6.07, 6.45) is 0.957. The van der Waals surface area contributed by atoms with Crippen LogP contribution in [0.4, 0.5) is 0 Å². The molecule has 0 fully saturated rings. The van der Waals surface area contributed by atoms with Gasteiger partial charge in [0, 0.05) is 13.0 Å². The first-order chi connectivity index (χ1) is 10.0. The molecular formula is C19H26O2. The summed E-state index contributed by atoms with van der Waals surface area (Å²) in [6, 6.07) is 12.9. The minimum atomic E-state index is -0.207. The van der Waals surface area contributed by atoms with Crippen molar-refractivity contribution in [2.45, 2.75) is 46.3 Å². The van der Waals surface area contributed by atoms with Crippen LogP contribution in [0.1, 0.15) is 45.6 Å². The van der Waals surface area contributed by atoms with Crippen LogP contribution in [0.15, 0.2) is 36.4 Å². The Kier molecular flexibility index (Phi) is 5.24. The second-order valence-corrected chi connectivity index (χ2v) is 6.04. The number of fused-ring (bicyclic) bond motifs is 1. The highest BCUT2D eigenvalue weighted by Crippen LogP contribution is 2.27. The molecule has 2 nitrogen and oxygen atoms in total. The summed E-state index contributed by atoms with van der Waals surface area (Å²) >= 11 is 0. The van der Waals surface area contributed by atoms with Crippen LogP contribution in [-0.2, 0) is 4.74 Å². The van der Waals surface area contributed by atoms with Crippen LogP contribution in [0.3, 0.4) is 0 Å². The minimum Gasteiger partial charge on any atom is -0.465 e. The predicted molar refractivity (Wildman–Crippen MR) is 88.9 cm³/mol. The molecule has 0 aliphatic heterocycles. The smallest absolute Gasteiger partial charge is 0.201 e. The molecule has 2 aromatic carbocycles. The first kappa shape index (κ1) is 15.8. The largest absolute Gasteiger partial charge is 0.465 e. The van der Waals surface area contributed by atoms with Crippen molar-refractivity contribution in [3.8, 4) is 5.75 Å². The number of ether oxygens (including phenoxy) is 2. The lowest BCUT2D eigenvalue weighted by molar-refractivity contribution is -0.0833. The molecule has 2 atom stereocenters. The Morgan fingerprint density at radius 3 is 2.24 bits per heavy atom. The van der Waals surface area contributed by atoms with Crippen LogP contribution in [-0.4, -0.2) is 13.4 Å². The second kappa shape index (κ2) is 6.95. The SMILES string of the molecule is CCC(C)c1ccc2cc(OC(OC)C(C)C)ccc2c1. The Balaban J connectivity index is 2.26. The predicted octanol–water partition coefficient (Wildman–Crippen LogP) is 5.36. The number of methoxy groups -OCH3 is 1. The standard InChI is InChI=1S/C19H26O2/c1-6-14(4)15-7-8-17-12-18(10-9-16(17)11-15)21-19(20-5)13(2)3/h7-14,19H,6H2,1-5H3. The van der Waals surface area contributed by atoms with Crippen molar-refractivity contribution in [3.05, 3.63) is 42.0 Å². The molecule has 0 spiro atoms. The van der Waals surface area contributed by atoms with E-state index in [4.69, 9.17) is 9.47 Å². The zero-order valence-electron chi connectivity index (χ0n) is 13.7. The number of benzene rings is 2. The van der Waals surface area contributed by atoms with Crippen LogP contribution in [0.25, 0.3) is 10.8 Å². The fourth-order valence-electron chi connectivity index (χ4n) is 2.45. The first-order valence-electron chi connectivity index (χ1n) is 7.78. The highest BCUT2D eigenvalue weighted by atomic mass is 16.7. The lowest BCUT2D eigenvalue weighted by Crippen LogP contribution is -2.24. The third kappa shape index (κ3) is 3.76. The molecule has 21 heavy (non-hydrogen) atoms. The highest BCUT2D eigenvalue weighted by molar-refractivity contribution is 5.84. The molecule has 0 N–H and O–H groups in total. The van der Waals surface area contributed by atoms with E-state index in [2.05, 4.69) is 58.0 Å². The topological polar surface area (TPSA) is 18.5 Å². The molecule has 0 heterocycles. The third-order valence-electron chi connectivity index (χ3n) is 4.05. The molecule has 2 aromatic rings. The Morgan fingerprint density at radius 2 is 1.62 bits per heavy atom. The molecular weight excluding hydrogens is 260 g/mol. The van der Waals surface area contributed by atoms with Gasteiger partial charge in [0.25, 0.3) is 0 Å². The van der Waals surface area contributed by atoms with E-state index in [0.29, 0.717) is 11.8 Å². The normalized spacial score (nSPS) is 14.4. The summed E-state index contributed by atoms with van der Waals surface area (Å²) in [5.74, 6) is 1.78. The van der Waals surface area contributed by atoms with E-state index >= 15 is 0 Å². The van der Waals surface area contributed by atoms with Crippen molar-refractivity contribution in [3.63, 3.8) is 0 Å². The van der Waals surface area contributed by atoms with Gasteiger partial charge in [-0.15, -0.1) is 0 Å². The Labute approximate surface area is 128 Å². The molecule has 0 saturated heterocycles. The minimum absolute atomic E-state index is 0.207. The van der Waals surface area contributed by atoms with E-state index in [9.17, 15) is 0 Å². The maximum Gasteiger partial charge on any atom is 0.201 e. The second-order valence-electron chi connectivity index (χ2n) is 6.04. The molecule has 0 aliphatic carbocycles. The van der Waals surface area contributed by atoms with Gasteiger partial charge in [-0.3, -0.25) is 0 Å². The molecule has 0 bridgehead atoms. The van der Waals surface area contributed by atoms with E-state index in [1.165, 1.54) is 16.3 Å². The maximum atomic E-state index is 5.91. The van der Waals surface area contributed by atoms with Crippen molar-refractivity contribution >= 4 is 10.8 Å². The van der Waals surface area contributed by atoms with Gasteiger partial charge in [0.15, 0.2) is 0 Å². The van der Waals surface area contributed by atoms with E-state index in [-0.39, 0.29) is 6.29 Å². The van der Waals surface area contributed by atoms with Crippen LogP contribution < -0.4 is 4.74 Å². The van der Waals surface area contributed by atoms with Crippen LogP contribution in [0.5, 0.6) is 5.75 Å². The summed E-state index contributed by atoms with van der Waals surface area (Å²) in [4.78, 5) is 0. The Bertz CT molecular complexity index is 589. The summed E-state index contributed by atoms with van der Waals surface area (Å²) in [6.45, 7) is 8.67. The summed E-state index contributed by atoms with van der Waals surface area (Å²) in [5.41, 5.74) is 1.40. The highest BCUT2D eigenvalue weighted by Gasteiger charge is 2.14. The van der Waals surface area contributed by atoms with Gasteiger partial charge in [-0.2, -0.15) is 0 Å². The molecule has 0 aromatic heterocycles. The van der Waals surface area contributed by atoms with Gasteiger partial charge in [-0.25, -0.2) is 0 Å². The van der Waals surface area contributed by atoms with Gasteiger partial charge >= 0.3 is 0 Å². The average molecular weight is 286 g/mol. The number of rotatable bonds is 6. The zero-order valence-corrected chi connectivity index (χ0v) is 13.7. The Morgan fingerprint density at radius 1 is 0.952 bits per heavy atom. The van der Waals surface area contributed by atoms with E-state index < -0.39 is 0 Å². The van der Waals surface area contributed by atoms with E-state index in [1.54, 1.807) is 7.11 Å². The first-order valence-corrected chi connectivity index (χ1v) is 7.78. The molecule has 0 radical (unpaired) electrons. The van der Waals surface area contributed by atoms with Gasteiger partial charge < -0.3 is 9.47 Å². The van der Waals surface area contributed by atoms with Gasteiger partial charge in [0.1, 0.15) is 5.75 Å². The summed E-state index contributed by atoms with van der Waals surface area (Å²) in [7, 11) is 1.68. The molecule has 114 valence electrons. The molecule has 2 unspecified atom stereocenters. The van der Waals surface area contributed by atoms with Crippen LogP contribution in [0, 0.1) is 5.92 Å². The van der Waals surface area contributed by atoms with Crippen LogP contribution >= 0.6 is 0 Å². The lowest BCUT2D eigenvalue weighted by Gasteiger charge is -2.21. The summed E-state index contributed by atoms with van der Waals surface area (Å²) in [5, 5.41) is 2.47. The fourth-order valence-corrected chi connectivity index (χ4v) is 2.45. The number of hydrogen-bond donors (Lipinski definition) is 0. The average Bonchev–Trinajstić information content (AvgIpc) is 2.50. The molecule has 2 heteroatoms. The van der Waals surface area contributed by atoms with Crippen molar-refractivity contribution in [2.24, 2.45) is 5.92 Å². The number of hydrogen-bond acceptors (Lipinski definition) is 2. The van der Waals surface area contributed by atoms with E-state index in [0.717, 1.165) is 12.2 Å². The molecule has 0 aliphatic rings. The molecule has 0 saturated carbocycles. The van der Waals surface area contributed by atoms with E-state index in [1.807, 2.05) is 6.07 Å². The monoisotopic (exact) mass is 286 g/mol. The molecule has 0 amide bonds. The van der Waals surface area contributed by atoms with Crippen molar-refractivity contribution in [1.29, 1.82) is 0 Å². The van der Waals surface area contributed by atoms with Gasteiger partial charge in [0.05, 0.1) is 0 Å².